The van der Waals surface area contributed by atoms with E-state index in [-0.39, 0.29) is 0 Å². The predicted molar refractivity (Wildman–Crippen MR) is 59.6 cm³/mol. The zero-order chi connectivity index (χ0) is 8.85. The van der Waals surface area contributed by atoms with E-state index < -0.39 is 0 Å². The first-order chi connectivity index (χ1) is 5.20. The summed E-state index contributed by atoms with van der Waals surface area (Å²) in [4.78, 5) is 0. The maximum absolute atomic E-state index is 3.43. The third-order valence-electron chi connectivity index (χ3n) is 1.16. The van der Waals surface area contributed by atoms with Gasteiger partial charge in [-0.1, -0.05) is 41.9 Å². The number of hydrogen-bond acceptors (Lipinski definition) is 0. The molecule has 0 saturated carbocycles. The molecule has 0 aliphatic rings. The summed E-state index contributed by atoms with van der Waals surface area (Å²) in [5.41, 5.74) is 1.29. The Bertz CT molecular complexity index is 221. The second-order valence-corrected chi connectivity index (χ2v) is 3.50. The van der Waals surface area contributed by atoms with Crippen LogP contribution in [-0.4, -0.2) is 0 Å². The molecule has 0 aliphatic carbocycles. The second-order valence-electron chi connectivity index (χ2n) is 2.02. The highest BCUT2D eigenvalue weighted by Crippen LogP contribution is 2.10. The Morgan fingerprint density at radius 1 is 1.27 bits per heavy atom. The second kappa shape index (κ2) is 5.74. The van der Waals surface area contributed by atoms with Crippen molar-refractivity contribution >= 4 is 30.5 Å². The Kier molecular flexibility index (Phi) is 5.81. The van der Waals surface area contributed by atoms with E-state index in [9.17, 15) is 0 Å². The van der Waals surface area contributed by atoms with E-state index in [0.717, 1.165) is 4.47 Å². The molecule has 1 unspecified atom stereocenters. The smallest absolute Gasteiger partial charge is 0.0249 e. The molecule has 1 atom stereocenters. The largest absolute Gasteiger partial charge is 0.104 e. The van der Waals surface area contributed by atoms with Crippen molar-refractivity contribution in [2.75, 3.05) is 0 Å². The lowest BCUT2D eigenvalue weighted by molar-refractivity contribution is 1.47. The zero-order valence-electron chi connectivity index (χ0n) is 7.19. The van der Waals surface area contributed by atoms with Gasteiger partial charge >= 0.3 is 0 Å². The lowest BCUT2D eigenvalue weighted by atomic mass is 10.2. The molecule has 0 nitrogen and oxygen atoms in total. The molecule has 0 fully saturated rings. The van der Waals surface area contributed by atoms with Gasteiger partial charge in [-0.15, -0.1) is 9.24 Å². The lowest BCUT2D eigenvalue weighted by Crippen LogP contribution is -1.91. The van der Waals surface area contributed by atoms with Gasteiger partial charge in [0.05, 0.1) is 0 Å². The van der Waals surface area contributed by atoms with Crippen molar-refractivity contribution in [1.29, 1.82) is 0 Å². The maximum atomic E-state index is 3.43. The minimum atomic E-state index is 1.16. The van der Waals surface area contributed by atoms with Crippen LogP contribution in [0.2, 0.25) is 0 Å². The number of benzene rings is 1. The van der Waals surface area contributed by atoms with Crippen LogP contribution in [0.15, 0.2) is 22.7 Å². The molecule has 0 aromatic heterocycles. The first-order valence-electron chi connectivity index (χ1n) is 3.72. The molecule has 62 valence electrons. The SMILES string of the molecule is CC.Cc1ccc(P)c(Br)c1. The van der Waals surface area contributed by atoms with E-state index in [0.29, 0.717) is 0 Å². The van der Waals surface area contributed by atoms with Crippen LogP contribution < -0.4 is 5.30 Å². The van der Waals surface area contributed by atoms with E-state index in [1.54, 1.807) is 0 Å². The number of rotatable bonds is 0. The molecule has 0 heterocycles. The zero-order valence-corrected chi connectivity index (χ0v) is 9.93. The first-order valence-corrected chi connectivity index (χ1v) is 5.09. The van der Waals surface area contributed by atoms with Crippen LogP contribution in [0.25, 0.3) is 0 Å². The Balaban J connectivity index is 0.000000461. The van der Waals surface area contributed by atoms with E-state index in [2.05, 4.69) is 50.3 Å². The van der Waals surface area contributed by atoms with Crippen molar-refractivity contribution in [3.8, 4) is 0 Å². The minimum absolute atomic E-state index is 1.16. The van der Waals surface area contributed by atoms with Gasteiger partial charge in [-0.3, -0.25) is 0 Å². The molecule has 0 saturated heterocycles. The van der Waals surface area contributed by atoms with Gasteiger partial charge in [-0.2, -0.15) is 0 Å². The van der Waals surface area contributed by atoms with Crippen molar-refractivity contribution in [2.45, 2.75) is 20.8 Å². The van der Waals surface area contributed by atoms with Crippen LogP contribution in [0.5, 0.6) is 0 Å². The molecule has 0 amide bonds. The molecule has 1 rings (SSSR count). The molecular weight excluding hydrogens is 219 g/mol. The fourth-order valence-corrected chi connectivity index (χ4v) is 1.30. The van der Waals surface area contributed by atoms with Gasteiger partial charge in [0.25, 0.3) is 0 Å². The van der Waals surface area contributed by atoms with Crippen molar-refractivity contribution < 1.29 is 0 Å². The topological polar surface area (TPSA) is 0 Å². The summed E-state index contributed by atoms with van der Waals surface area (Å²) >= 11 is 3.43. The highest BCUT2D eigenvalue weighted by atomic mass is 79.9. The van der Waals surface area contributed by atoms with E-state index in [1.807, 2.05) is 13.8 Å². The summed E-state index contributed by atoms with van der Waals surface area (Å²) in [6, 6.07) is 6.26. The first kappa shape index (κ1) is 11.1. The molecule has 0 bridgehead atoms. The Hall–Kier alpha value is 0.130. The summed E-state index contributed by atoms with van der Waals surface area (Å²) in [6.45, 7) is 6.08. The summed E-state index contributed by atoms with van der Waals surface area (Å²) in [6.07, 6.45) is 0. The van der Waals surface area contributed by atoms with Gasteiger partial charge in [0.1, 0.15) is 0 Å². The van der Waals surface area contributed by atoms with Gasteiger partial charge in [0.2, 0.25) is 0 Å². The van der Waals surface area contributed by atoms with Crippen molar-refractivity contribution in [2.24, 2.45) is 0 Å². The normalized spacial score (nSPS) is 8.45. The summed E-state index contributed by atoms with van der Waals surface area (Å²) in [7, 11) is 2.66. The third-order valence-corrected chi connectivity index (χ3v) is 2.77. The molecular formula is C9H14BrP. The van der Waals surface area contributed by atoms with Crippen LogP contribution in [0.1, 0.15) is 19.4 Å². The number of aryl methyl sites for hydroxylation is 1. The monoisotopic (exact) mass is 232 g/mol. The standard InChI is InChI=1S/C7H8BrP.C2H6/c1-5-2-3-7(9)6(8)4-5;1-2/h2-4H,9H2,1H3;1-2H3. The van der Waals surface area contributed by atoms with Gasteiger partial charge < -0.3 is 0 Å². The molecule has 0 aliphatic heterocycles. The van der Waals surface area contributed by atoms with Crippen molar-refractivity contribution in [1.82, 2.24) is 0 Å². The average Bonchev–Trinajstić information content (AvgIpc) is 2.02. The van der Waals surface area contributed by atoms with E-state index >= 15 is 0 Å². The molecule has 11 heavy (non-hydrogen) atoms. The minimum Gasteiger partial charge on any atom is -0.104 e. The van der Waals surface area contributed by atoms with Crippen molar-refractivity contribution in [3.05, 3.63) is 28.2 Å². The van der Waals surface area contributed by atoms with Gasteiger partial charge in [0.15, 0.2) is 0 Å². The van der Waals surface area contributed by atoms with Gasteiger partial charge in [-0.25, -0.2) is 0 Å². The highest BCUT2D eigenvalue weighted by molar-refractivity contribution is 9.10. The van der Waals surface area contributed by atoms with E-state index in [1.165, 1.54) is 10.9 Å². The number of halogens is 1. The fourth-order valence-electron chi connectivity index (χ4n) is 0.632. The van der Waals surface area contributed by atoms with Crippen LogP contribution in [0.3, 0.4) is 0 Å². The van der Waals surface area contributed by atoms with Crippen LogP contribution in [0, 0.1) is 6.92 Å². The summed E-state index contributed by atoms with van der Waals surface area (Å²) in [5.74, 6) is 0. The quantitative estimate of drug-likeness (QED) is 0.603. The van der Waals surface area contributed by atoms with Crippen LogP contribution in [-0.2, 0) is 0 Å². The van der Waals surface area contributed by atoms with Crippen molar-refractivity contribution in [3.63, 3.8) is 0 Å². The lowest BCUT2D eigenvalue weighted by Gasteiger charge is -1.96. The average molecular weight is 233 g/mol. The molecule has 2 heteroatoms. The van der Waals surface area contributed by atoms with Crippen LogP contribution >= 0.6 is 25.2 Å². The molecule has 0 spiro atoms. The maximum Gasteiger partial charge on any atom is 0.0249 e. The Morgan fingerprint density at radius 3 is 2.18 bits per heavy atom. The molecule has 0 radical (unpaired) electrons. The van der Waals surface area contributed by atoms with E-state index in [4.69, 9.17) is 0 Å². The van der Waals surface area contributed by atoms with Gasteiger partial charge in [0, 0.05) is 4.47 Å². The molecule has 1 aromatic carbocycles. The summed E-state index contributed by atoms with van der Waals surface area (Å²) < 4.78 is 1.16. The third kappa shape index (κ3) is 3.88. The molecule has 1 aromatic rings. The summed E-state index contributed by atoms with van der Waals surface area (Å²) in [5, 5.41) is 1.21. The fraction of sp³-hybridized carbons (Fsp3) is 0.333. The Labute approximate surface area is 79.7 Å². The highest BCUT2D eigenvalue weighted by Gasteiger charge is 1.91. The number of hydrogen-bond donors (Lipinski definition) is 0. The predicted octanol–water partition coefficient (Wildman–Crippen LogP) is 3.28. The van der Waals surface area contributed by atoms with Crippen LogP contribution in [0.4, 0.5) is 0 Å². The molecule has 0 N–H and O–H groups in total. The van der Waals surface area contributed by atoms with Gasteiger partial charge in [-0.05, 0) is 23.9 Å². The Morgan fingerprint density at radius 2 is 1.82 bits per heavy atom.